The fourth-order valence-corrected chi connectivity index (χ4v) is 2.99. The Morgan fingerprint density at radius 3 is 2.62 bits per heavy atom. The van der Waals surface area contributed by atoms with E-state index >= 15 is 0 Å². The zero-order valence-electron chi connectivity index (χ0n) is 12.6. The molecule has 2 rings (SSSR count). The number of carboxylic acids is 1. The Hall–Kier alpha value is -2.04. The minimum atomic E-state index is -1.05. The molecule has 0 spiro atoms. The maximum Gasteiger partial charge on any atom is 0.339 e. The van der Waals surface area contributed by atoms with E-state index < -0.39 is 5.97 Å². The number of benzene rings is 1. The highest BCUT2D eigenvalue weighted by Gasteiger charge is 2.39. The summed E-state index contributed by atoms with van der Waals surface area (Å²) in [6.07, 6.45) is 3.00. The largest absolute Gasteiger partial charge is 0.496 e. The molecule has 1 unspecified atom stereocenters. The summed E-state index contributed by atoms with van der Waals surface area (Å²) >= 11 is 0. The summed E-state index contributed by atoms with van der Waals surface area (Å²) in [7, 11) is 1.41. The van der Waals surface area contributed by atoms with Gasteiger partial charge in [0.1, 0.15) is 11.3 Å². The van der Waals surface area contributed by atoms with Gasteiger partial charge in [0.25, 0.3) is 0 Å². The van der Waals surface area contributed by atoms with Gasteiger partial charge in [0.2, 0.25) is 5.91 Å². The molecule has 0 bridgehead atoms. The van der Waals surface area contributed by atoms with Gasteiger partial charge in [-0.2, -0.15) is 0 Å². The van der Waals surface area contributed by atoms with Crippen LogP contribution in [0.1, 0.15) is 43.5 Å². The Balaban J connectivity index is 2.16. The standard InChI is InChI=1S/C16H21NO4/c1-16(2)8-4-5-12(16)14(18)17-10-6-7-11(15(19)20)13(9-10)21-3/h6-7,9,12H,4-5,8H2,1-3H3,(H,17,18)(H,19,20). The van der Waals surface area contributed by atoms with Crippen LogP contribution in [0, 0.1) is 11.3 Å². The van der Waals surface area contributed by atoms with Crippen molar-refractivity contribution in [2.24, 2.45) is 11.3 Å². The minimum absolute atomic E-state index is 0.00910. The van der Waals surface area contributed by atoms with E-state index in [-0.39, 0.29) is 28.6 Å². The number of hydrogen-bond acceptors (Lipinski definition) is 3. The normalized spacial score (nSPS) is 20.0. The van der Waals surface area contributed by atoms with Crippen molar-refractivity contribution in [2.45, 2.75) is 33.1 Å². The number of rotatable bonds is 4. The highest BCUT2D eigenvalue weighted by Crippen LogP contribution is 2.43. The molecule has 1 aromatic carbocycles. The van der Waals surface area contributed by atoms with Crippen LogP contribution in [0.4, 0.5) is 5.69 Å². The van der Waals surface area contributed by atoms with Gasteiger partial charge < -0.3 is 15.2 Å². The highest BCUT2D eigenvalue weighted by molar-refractivity contribution is 5.95. The van der Waals surface area contributed by atoms with Gasteiger partial charge in [-0.05, 0) is 30.4 Å². The van der Waals surface area contributed by atoms with E-state index in [4.69, 9.17) is 9.84 Å². The number of carbonyl (C=O) groups is 2. The summed E-state index contributed by atoms with van der Waals surface area (Å²) in [6.45, 7) is 4.22. The lowest BCUT2D eigenvalue weighted by molar-refractivity contribution is -0.122. The van der Waals surface area contributed by atoms with Crippen molar-refractivity contribution in [3.63, 3.8) is 0 Å². The molecule has 1 fully saturated rings. The number of carbonyl (C=O) groups excluding carboxylic acids is 1. The number of ether oxygens (including phenoxy) is 1. The third-order valence-corrected chi connectivity index (χ3v) is 4.27. The Kier molecular flexibility index (Phi) is 4.21. The van der Waals surface area contributed by atoms with Gasteiger partial charge in [-0.15, -0.1) is 0 Å². The van der Waals surface area contributed by atoms with E-state index in [2.05, 4.69) is 19.2 Å². The van der Waals surface area contributed by atoms with Gasteiger partial charge in [0.05, 0.1) is 7.11 Å². The average Bonchev–Trinajstić information content (AvgIpc) is 2.77. The Morgan fingerprint density at radius 1 is 1.38 bits per heavy atom. The number of hydrogen-bond donors (Lipinski definition) is 2. The summed E-state index contributed by atoms with van der Waals surface area (Å²) < 4.78 is 5.06. The van der Waals surface area contributed by atoms with Crippen LogP contribution < -0.4 is 10.1 Å². The third-order valence-electron chi connectivity index (χ3n) is 4.27. The number of nitrogens with one attached hydrogen (secondary N) is 1. The fourth-order valence-electron chi connectivity index (χ4n) is 2.99. The molecule has 0 aromatic heterocycles. The lowest BCUT2D eigenvalue weighted by Gasteiger charge is -2.26. The molecular formula is C16H21NO4. The van der Waals surface area contributed by atoms with Crippen LogP contribution in [0.15, 0.2) is 18.2 Å². The first-order valence-corrected chi connectivity index (χ1v) is 7.07. The van der Waals surface area contributed by atoms with E-state index in [1.165, 1.54) is 13.2 Å². The van der Waals surface area contributed by atoms with Crippen LogP contribution in [0.25, 0.3) is 0 Å². The van der Waals surface area contributed by atoms with E-state index in [1.807, 2.05) is 0 Å². The van der Waals surface area contributed by atoms with E-state index in [0.717, 1.165) is 19.3 Å². The van der Waals surface area contributed by atoms with Gasteiger partial charge in [-0.25, -0.2) is 4.79 Å². The van der Waals surface area contributed by atoms with Crippen molar-refractivity contribution in [1.82, 2.24) is 0 Å². The molecular weight excluding hydrogens is 270 g/mol. The zero-order valence-corrected chi connectivity index (χ0v) is 12.6. The van der Waals surface area contributed by atoms with Crippen LogP contribution >= 0.6 is 0 Å². The number of aromatic carboxylic acids is 1. The lowest BCUT2D eigenvalue weighted by Crippen LogP contribution is -2.30. The topological polar surface area (TPSA) is 75.6 Å². The number of anilines is 1. The van der Waals surface area contributed by atoms with Crippen LogP contribution in [0.5, 0.6) is 5.75 Å². The molecule has 0 saturated heterocycles. The van der Waals surface area contributed by atoms with Crippen molar-refractivity contribution >= 4 is 17.6 Å². The predicted molar refractivity (Wildman–Crippen MR) is 79.7 cm³/mol. The molecule has 1 aliphatic rings. The molecule has 1 atom stereocenters. The molecule has 21 heavy (non-hydrogen) atoms. The Morgan fingerprint density at radius 2 is 2.10 bits per heavy atom. The third kappa shape index (κ3) is 3.17. The van der Waals surface area contributed by atoms with Crippen molar-refractivity contribution in [3.05, 3.63) is 23.8 Å². The molecule has 0 aliphatic heterocycles. The smallest absolute Gasteiger partial charge is 0.339 e. The monoisotopic (exact) mass is 291 g/mol. The van der Waals surface area contributed by atoms with Crippen LogP contribution in [-0.4, -0.2) is 24.1 Å². The second kappa shape index (κ2) is 5.76. The van der Waals surface area contributed by atoms with Gasteiger partial charge >= 0.3 is 5.97 Å². The summed E-state index contributed by atoms with van der Waals surface area (Å²) in [5.41, 5.74) is 0.649. The van der Waals surface area contributed by atoms with E-state index in [1.54, 1.807) is 12.1 Å². The van der Waals surface area contributed by atoms with Gasteiger partial charge in [-0.3, -0.25) is 4.79 Å². The van der Waals surface area contributed by atoms with Crippen molar-refractivity contribution in [3.8, 4) is 5.75 Å². The van der Waals surface area contributed by atoms with Gasteiger partial charge in [0, 0.05) is 17.7 Å². The molecule has 114 valence electrons. The summed E-state index contributed by atoms with van der Waals surface area (Å²) in [4.78, 5) is 23.4. The van der Waals surface area contributed by atoms with Crippen LogP contribution in [0.3, 0.4) is 0 Å². The molecule has 5 heteroatoms. The maximum atomic E-state index is 12.4. The predicted octanol–water partition coefficient (Wildman–Crippen LogP) is 3.16. The maximum absolute atomic E-state index is 12.4. The first-order valence-electron chi connectivity index (χ1n) is 7.07. The van der Waals surface area contributed by atoms with E-state index in [0.29, 0.717) is 5.69 Å². The molecule has 1 saturated carbocycles. The molecule has 1 aromatic rings. The number of carboxylic acid groups (broad SMARTS) is 1. The summed E-state index contributed by atoms with van der Waals surface area (Å²) in [5.74, 6) is -0.835. The van der Waals surface area contributed by atoms with Gasteiger partial charge in [0.15, 0.2) is 0 Å². The molecule has 1 amide bonds. The molecule has 0 radical (unpaired) electrons. The van der Waals surface area contributed by atoms with Crippen molar-refractivity contribution < 1.29 is 19.4 Å². The summed E-state index contributed by atoms with van der Waals surface area (Å²) in [5, 5.41) is 11.9. The van der Waals surface area contributed by atoms with Gasteiger partial charge in [-0.1, -0.05) is 20.3 Å². The SMILES string of the molecule is COc1cc(NC(=O)C2CCCC2(C)C)ccc1C(=O)O. The fraction of sp³-hybridized carbons (Fsp3) is 0.500. The van der Waals surface area contributed by atoms with Crippen LogP contribution in [0.2, 0.25) is 0 Å². The average molecular weight is 291 g/mol. The Labute approximate surface area is 124 Å². The second-order valence-corrected chi connectivity index (χ2v) is 6.14. The Bertz CT molecular complexity index is 565. The van der Waals surface area contributed by atoms with Crippen molar-refractivity contribution in [2.75, 3.05) is 12.4 Å². The zero-order chi connectivity index (χ0) is 15.6. The first-order chi connectivity index (χ1) is 9.85. The van der Waals surface area contributed by atoms with Crippen LogP contribution in [-0.2, 0) is 4.79 Å². The molecule has 5 nitrogen and oxygen atoms in total. The lowest BCUT2D eigenvalue weighted by atomic mass is 9.81. The molecule has 2 N–H and O–H groups in total. The number of methoxy groups -OCH3 is 1. The summed E-state index contributed by atoms with van der Waals surface area (Å²) in [6, 6.07) is 4.58. The first kappa shape index (κ1) is 15.4. The van der Waals surface area contributed by atoms with E-state index in [9.17, 15) is 9.59 Å². The molecule has 0 heterocycles. The second-order valence-electron chi connectivity index (χ2n) is 6.14. The molecule has 1 aliphatic carbocycles. The highest BCUT2D eigenvalue weighted by atomic mass is 16.5. The quantitative estimate of drug-likeness (QED) is 0.893. The number of amides is 1. The van der Waals surface area contributed by atoms with Crippen molar-refractivity contribution in [1.29, 1.82) is 0 Å². The minimum Gasteiger partial charge on any atom is -0.496 e.